The van der Waals surface area contributed by atoms with Crippen molar-refractivity contribution in [1.29, 1.82) is 0 Å². The van der Waals surface area contributed by atoms with Gasteiger partial charge in [0.2, 0.25) is 0 Å². The molecule has 2 amide bonds. The molecule has 0 aromatic heterocycles. The van der Waals surface area contributed by atoms with Crippen LogP contribution in [0.15, 0.2) is 24.3 Å². The Kier molecular flexibility index (Phi) is 5.25. The van der Waals surface area contributed by atoms with Gasteiger partial charge in [-0.05, 0) is 12.1 Å². The highest BCUT2D eigenvalue weighted by Gasteiger charge is 2.34. The molecule has 0 unspecified atom stereocenters. The lowest BCUT2D eigenvalue weighted by Crippen LogP contribution is -2.51. The van der Waals surface area contributed by atoms with E-state index in [1.165, 1.54) is 23.1 Å². The third-order valence-corrected chi connectivity index (χ3v) is 3.58. The molecule has 0 bridgehead atoms. The molecule has 0 aliphatic carbocycles. The van der Waals surface area contributed by atoms with Crippen molar-refractivity contribution in [2.75, 3.05) is 44.6 Å². The van der Waals surface area contributed by atoms with Crippen LogP contribution in [0, 0.1) is 0 Å². The van der Waals surface area contributed by atoms with Gasteiger partial charge in [-0.1, -0.05) is 12.1 Å². The lowest BCUT2D eigenvalue weighted by atomic mass is 10.1. The van der Waals surface area contributed by atoms with Gasteiger partial charge in [-0.3, -0.25) is 4.90 Å². The van der Waals surface area contributed by atoms with Crippen molar-refractivity contribution in [2.45, 2.75) is 6.18 Å². The minimum absolute atomic E-state index is 0.218. The van der Waals surface area contributed by atoms with Crippen LogP contribution in [0.3, 0.4) is 0 Å². The van der Waals surface area contributed by atoms with E-state index in [1.54, 1.807) is 0 Å². The number of anilines is 1. The average molecular weight is 316 g/mol. The maximum atomic E-state index is 12.9. The molecule has 1 fully saturated rings. The van der Waals surface area contributed by atoms with Crippen LogP contribution in [0.2, 0.25) is 0 Å². The summed E-state index contributed by atoms with van der Waals surface area (Å²) in [6, 6.07) is 4.46. The van der Waals surface area contributed by atoms with Gasteiger partial charge >= 0.3 is 12.2 Å². The number of alkyl halides is 3. The first kappa shape index (κ1) is 16.6. The maximum Gasteiger partial charge on any atom is 0.418 e. The van der Waals surface area contributed by atoms with Gasteiger partial charge in [-0.25, -0.2) is 4.79 Å². The summed E-state index contributed by atoms with van der Waals surface area (Å²) in [6.07, 6.45) is -4.50. The molecule has 1 aromatic rings. The number of halogens is 3. The number of urea groups is 1. The molecule has 5 nitrogen and oxygen atoms in total. The number of hydrogen-bond donors (Lipinski definition) is 2. The van der Waals surface area contributed by atoms with E-state index in [4.69, 9.17) is 5.73 Å². The van der Waals surface area contributed by atoms with Crippen LogP contribution in [-0.4, -0.2) is 55.1 Å². The predicted molar refractivity (Wildman–Crippen MR) is 77.5 cm³/mol. The summed E-state index contributed by atoms with van der Waals surface area (Å²) in [4.78, 5) is 15.7. The Morgan fingerprint density at radius 2 is 1.82 bits per heavy atom. The number of para-hydroxylation sites is 1. The number of nitrogens with one attached hydrogen (secondary N) is 1. The molecule has 1 aliphatic rings. The molecular weight excluding hydrogens is 297 g/mol. The van der Waals surface area contributed by atoms with E-state index in [0.717, 1.165) is 12.6 Å². The topological polar surface area (TPSA) is 61.6 Å². The highest BCUT2D eigenvalue weighted by Crippen LogP contribution is 2.34. The van der Waals surface area contributed by atoms with E-state index >= 15 is 0 Å². The molecule has 1 heterocycles. The van der Waals surface area contributed by atoms with Gasteiger partial charge in [-0.15, -0.1) is 0 Å². The van der Waals surface area contributed by atoms with E-state index < -0.39 is 17.8 Å². The quantitative estimate of drug-likeness (QED) is 0.894. The summed E-state index contributed by atoms with van der Waals surface area (Å²) in [7, 11) is 0. The van der Waals surface area contributed by atoms with Crippen LogP contribution in [-0.2, 0) is 6.18 Å². The molecule has 0 radical (unpaired) electrons. The molecule has 0 saturated carbocycles. The number of rotatable bonds is 3. The fourth-order valence-corrected chi connectivity index (χ4v) is 2.39. The summed E-state index contributed by atoms with van der Waals surface area (Å²) in [6.45, 7) is 3.59. The van der Waals surface area contributed by atoms with Gasteiger partial charge in [0.1, 0.15) is 0 Å². The monoisotopic (exact) mass is 316 g/mol. The second-order valence-corrected chi connectivity index (χ2v) is 5.09. The Labute approximate surface area is 126 Å². The summed E-state index contributed by atoms with van der Waals surface area (Å²) < 4.78 is 38.7. The number of amides is 2. The first-order chi connectivity index (χ1) is 10.4. The molecule has 1 aromatic carbocycles. The summed E-state index contributed by atoms with van der Waals surface area (Å²) in [5, 5.41) is 2.36. The van der Waals surface area contributed by atoms with Crippen molar-refractivity contribution in [3.8, 4) is 0 Å². The Balaban J connectivity index is 1.99. The number of carbonyl (C=O) groups excluding carboxylic acids is 1. The Morgan fingerprint density at radius 3 is 2.41 bits per heavy atom. The van der Waals surface area contributed by atoms with Crippen molar-refractivity contribution >= 4 is 11.7 Å². The summed E-state index contributed by atoms with van der Waals surface area (Å²) in [5.41, 5.74) is 4.41. The zero-order valence-corrected chi connectivity index (χ0v) is 12.1. The number of nitrogens with zero attached hydrogens (tertiary/aromatic N) is 2. The summed E-state index contributed by atoms with van der Waals surface area (Å²) in [5.74, 6) is 0. The SMILES string of the molecule is NCCN1CCN(C(=O)Nc2ccccc2C(F)(F)F)CC1. The van der Waals surface area contributed by atoms with Gasteiger partial charge in [0.15, 0.2) is 0 Å². The van der Waals surface area contributed by atoms with Crippen molar-refractivity contribution in [3.05, 3.63) is 29.8 Å². The number of nitrogens with two attached hydrogens (primary N) is 1. The van der Waals surface area contributed by atoms with E-state index in [-0.39, 0.29) is 5.69 Å². The second kappa shape index (κ2) is 6.97. The van der Waals surface area contributed by atoms with E-state index in [2.05, 4.69) is 10.2 Å². The van der Waals surface area contributed by atoms with E-state index in [9.17, 15) is 18.0 Å². The Bertz CT molecular complexity index is 513. The minimum atomic E-state index is -4.50. The summed E-state index contributed by atoms with van der Waals surface area (Å²) >= 11 is 0. The Morgan fingerprint density at radius 1 is 1.18 bits per heavy atom. The molecule has 2 rings (SSSR count). The molecule has 8 heteroatoms. The minimum Gasteiger partial charge on any atom is -0.329 e. The van der Waals surface area contributed by atoms with E-state index in [0.29, 0.717) is 32.7 Å². The van der Waals surface area contributed by atoms with Crippen molar-refractivity contribution in [2.24, 2.45) is 5.73 Å². The second-order valence-electron chi connectivity index (χ2n) is 5.09. The maximum absolute atomic E-state index is 12.9. The zero-order chi connectivity index (χ0) is 16.2. The van der Waals surface area contributed by atoms with Gasteiger partial charge < -0.3 is 16.0 Å². The first-order valence-corrected chi connectivity index (χ1v) is 7.06. The van der Waals surface area contributed by atoms with E-state index in [1.807, 2.05) is 0 Å². The molecule has 1 aliphatic heterocycles. The highest BCUT2D eigenvalue weighted by atomic mass is 19.4. The normalized spacial score (nSPS) is 16.6. The molecule has 0 atom stereocenters. The van der Waals surface area contributed by atoms with Gasteiger partial charge in [-0.2, -0.15) is 13.2 Å². The number of hydrogen-bond acceptors (Lipinski definition) is 3. The molecule has 122 valence electrons. The largest absolute Gasteiger partial charge is 0.418 e. The van der Waals surface area contributed by atoms with Gasteiger partial charge in [0, 0.05) is 39.3 Å². The third-order valence-electron chi connectivity index (χ3n) is 3.58. The van der Waals surface area contributed by atoms with Crippen LogP contribution >= 0.6 is 0 Å². The van der Waals surface area contributed by atoms with Gasteiger partial charge in [0.25, 0.3) is 0 Å². The first-order valence-electron chi connectivity index (χ1n) is 7.06. The van der Waals surface area contributed by atoms with Crippen molar-refractivity contribution in [1.82, 2.24) is 9.80 Å². The molecule has 3 N–H and O–H groups in total. The predicted octanol–water partition coefficient (Wildman–Crippen LogP) is 1.81. The average Bonchev–Trinajstić information content (AvgIpc) is 2.48. The van der Waals surface area contributed by atoms with Crippen molar-refractivity contribution < 1.29 is 18.0 Å². The van der Waals surface area contributed by atoms with Crippen LogP contribution in [0.5, 0.6) is 0 Å². The number of carbonyl (C=O) groups is 1. The standard InChI is InChI=1S/C14H19F3N4O/c15-14(16,17)11-3-1-2-4-12(11)19-13(22)21-9-7-20(6-5-18)8-10-21/h1-4H,5-10,18H2,(H,19,22). The Hall–Kier alpha value is -1.80. The van der Waals surface area contributed by atoms with Gasteiger partial charge in [0.05, 0.1) is 11.3 Å². The number of benzene rings is 1. The van der Waals surface area contributed by atoms with Crippen molar-refractivity contribution in [3.63, 3.8) is 0 Å². The van der Waals surface area contributed by atoms with Crippen LogP contribution in [0.4, 0.5) is 23.7 Å². The molecule has 22 heavy (non-hydrogen) atoms. The van der Waals surface area contributed by atoms with Crippen LogP contribution in [0.25, 0.3) is 0 Å². The smallest absolute Gasteiger partial charge is 0.329 e. The zero-order valence-electron chi connectivity index (χ0n) is 12.1. The number of piperazine rings is 1. The lowest BCUT2D eigenvalue weighted by molar-refractivity contribution is -0.136. The van der Waals surface area contributed by atoms with Crippen LogP contribution < -0.4 is 11.1 Å². The van der Waals surface area contributed by atoms with Crippen LogP contribution in [0.1, 0.15) is 5.56 Å². The fourth-order valence-electron chi connectivity index (χ4n) is 2.39. The third kappa shape index (κ3) is 4.11. The lowest BCUT2D eigenvalue weighted by Gasteiger charge is -2.34. The fraction of sp³-hybridized carbons (Fsp3) is 0.500. The highest BCUT2D eigenvalue weighted by molar-refractivity contribution is 5.90. The molecular formula is C14H19F3N4O. The molecule has 1 saturated heterocycles. The molecule has 0 spiro atoms.